The minimum absolute atomic E-state index is 0.354. The molecule has 8 heteroatoms. The summed E-state index contributed by atoms with van der Waals surface area (Å²) in [5.41, 5.74) is 3.05. The monoisotopic (exact) mass is 452 g/mol. The number of ether oxygens (including phenoxy) is 3. The molecule has 1 aliphatic rings. The molecule has 1 aromatic heterocycles. The Morgan fingerprint density at radius 3 is 2.66 bits per heavy atom. The number of benzene rings is 2. The van der Waals surface area contributed by atoms with Crippen molar-refractivity contribution in [3.05, 3.63) is 64.7 Å². The van der Waals surface area contributed by atoms with Crippen molar-refractivity contribution in [1.82, 2.24) is 10.3 Å². The topological polar surface area (TPSA) is 86.8 Å². The van der Waals surface area contributed by atoms with Gasteiger partial charge in [-0.15, -0.1) is 11.3 Å². The molecule has 0 saturated carbocycles. The number of aryl methyl sites for hydroxylation is 2. The molecule has 2 heterocycles. The molecular weight excluding hydrogens is 428 g/mol. The molecule has 1 atom stereocenters. The van der Waals surface area contributed by atoms with Gasteiger partial charge in [0.2, 0.25) is 0 Å². The van der Waals surface area contributed by atoms with Crippen molar-refractivity contribution in [2.75, 3.05) is 7.11 Å². The number of aromatic nitrogens is 1. The summed E-state index contributed by atoms with van der Waals surface area (Å²) in [5, 5.41) is 3.12. The predicted molar refractivity (Wildman–Crippen MR) is 121 cm³/mol. The van der Waals surface area contributed by atoms with Crippen LogP contribution in [0.25, 0.3) is 10.6 Å². The number of nitrogens with zero attached hydrogens (tertiary/aromatic N) is 1. The van der Waals surface area contributed by atoms with E-state index in [0.717, 1.165) is 33.1 Å². The molecule has 0 spiro atoms. The molecule has 1 unspecified atom stereocenters. The third kappa shape index (κ3) is 5.08. The van der Waals surface area contributed by atoms with Crippen LogP contribution in [0.5, 0.6) is 11.5 Å². The largest absolute Gasteiger partial charge is 0.493 e. The Morgan fingerprint density at radius 2 is 1.94 bits per heavy atom. The summed E-state index contributed by atoms with van der Waals surface area (Å²) in [6.07, 6.45) is 0.535. The molecule has 0 bridgehead atoms. The van der Waals surface area contributed by atoms with E-state index < -0.39 is 12.2 Å². The van der Waals surface area contributed by atoms with Gasteiger partial charge in [0.1, 0.15) is 11.6 Å². The summed E-state index contributed by atoms with van der Waals surface area (Å²) >= 11 is 1.65. The van der Waals surface area contributed by atoms with Gasteiger partial charge in [-0.2, -0.15) is 0 Å². The fourth-order valence-corrected chi connectivity index (χ4v) is 4.40. The first-order chi connectivity index (χ1) is 15.5. The van der Waals surface area contributed by atoms with E-state index in [0.29, 0.717) is 30.9 Å². The normalized spacial score (nSPS) is 15.4. The van der Waals surface area contributed by atoms with Gasteiger partial charge in [-0.3, -0.25) is 10.1 Å². The fraction of sp³-hybridized carbons (Fsp3) is 0.292. The van der Waals surface area contributed by atoms with E-state index in [2.05, 4.69) is 5.32 Å². The zero-order valence-corrected chi connectivity index (χ0v) is 18.7. The lowest BCUT2D eigenvalue weighted by Crippen LogP contribution is -2.24. The average molecular weight is 453 g/mol. The summed E-state index contributed by atoms with van der Waals surface area (Å²) in [7, 11) is 1.61. The number of rotatable bonds is 9. The van der Waals surface area contributed by atoms with Gasteiger partial charge in [0.25, 0.3) is 5.91 Å². The van der Waals surface area contributed by atoms with Gasteiger partial charge in [-0.1, -0.05) is 36.4 Å². The Morgan fingerprint density at radius 1 is 1.12 bits per heavy atom. The van der Waals surface area contributed by atoms with Crippen molar-refractivity contribution in [1.29, 1.82) is 0 Å². The first-order valence-corrected chi connectivity index (χ1v) is 11.2. The van der Waals surface area contributed by atoms with Crippen LogP contribution in [-0.2, 0) is 22.6 Å². The molecule has 1 N–H and O–H groups in total. The van der Waals surface area contributed by atoms with Gasteiger partial charge < -0.3 is 14.2 Å². The number of alkyl carbamates (subject to hydrolysis) is 1. The van der Waals surface area contributed by atoms with E-state index >= 15 is 0 Å². The molecular formula is C24H24N2O5S. The van der Waals surface area contributed by atoms with E-state index in [1.807, 2.05) is 55.5 Å². The van der Waals surface area contributed by atoms with E-state index in [1.54, 1.807) is 18.4 Å². The highest BCUT2D eigenvalue weighted by atomic mass is 32.1. The van der Waals surface area contributed by atoms with Crippen LogP contribution in [0.15, 0.2) is 48.5 Å². The smallest absolute Gasteiger partial charge is 0.414 e. The Kier molecular flexibility index (Phi) is 6.70. The zero-order valence-electron chi connectivity index (χ0n) is 17.9. The zero-order chi connectivity index (χ0) is 22.5. The average Bonchev–Trinajstić information content (AvgIpc) is 3.33. The van der Waals surface area contributed by atoms with E-state index in [4.69, 9.17) is 19.2 Å². The Balaban J connectivity index is 1.36. The third-order valence-electron chi connectivity index (χ3n) is 5.20. The van der Waals surface area contributed by atoms with Crippen LogP contribution in [-0.4, -0.2) is 30.2 Å². The Hall–Kier alpha value is -3.39. The Bertz CT molecular complexity index is 1110. The number of carbonyl (C=O) groups is 2. The number of imide groups is 1. The molecule has 7 nitrogen and oxygen atoms in total. The van der Waals surface area contributed by atoms with Gasteiger partial charge in [0, 0.05) is 10.4 Å². The summed E-state index contributed by atoms with van der Waals surface area (Å²) in [6.45, 7) is 2.40. The van der Waals surface area contributed by atoms with Crippen molar-refractivity contribution in [2.24, 2.45) is 0 Å². The first kappa shape index (κ1) is 21.8. The molecule has 0 aliphatic carbocycles. The lowest BCUT2D eigenvalue weighted by molar-refractivity contribution is -0.123. The van der Waals surface area contributed by atoms with Gasteiger partial charge in [-0.25, -0.2) is 9.78 Å². The number of methoxy groups -OCH3 is 1. The van der Waals surface area contributed by atoms with Gasteiger partial charge in [-0.05, 0) is 43.9 Å². The minimum atomic E-state index is -0.700. The molecule has 32 heavy (non-hydrogen) atoms. The highest BCUT2D eigenvalue weighted by Gasteiger charge is 2.31. The maximum atomic E-state index is 11.6. The predicted octanol–water partition coefficient (Wildman–Crippen LogP) is 4.66. The number of cyclic esters (lactones) is 1. The molecule has 4 rings (SSSR count). The van der Waals surface area contributed by atoms with Crippen LogP contribution in [0.3, 0.4) is 0 Å². The highest BCUT2D eigenvalue weighted by molar-refractivity contribution is 7.15. The fourth-order valence-electron chi connectivity index (χ4n) is 3.47. The molecule has 3 aromatic rings. The maximum absolute atomic E-state index is 11.6. The molecule has 1 fully saturated rings. The van der Waals surface area contributed by atoms with Gasteiger partial charge in [0.15, 0.2) is 17.6 Å². The van der Waals surface area contributed by atoms with Crippen molar-refractivity contribution >= 4 is 23.3 Å². The number of carbonyl (C=O) groups excluding carboxylic acids is 2. The van der Waals surface area contributed by atoms with Crippen LogP contribution < -0.4 is 14.8 Å². The molecule has 2 aromatic carbocycles. The summed E-state index contributed by atoms with van der Waals surface area (Å²) in [6, 6.07) is 15.9. The maximum Gasteiger partial charge on any atom is 0.414 e. The Labute approximate surface area is 190 Å². The van der Waals surface area contributed by atoms with Gasteiger partial charge in [0.05, 0.1) is 12.8 Å². The standard InChI is InChI=1S/C24H24N2O5S/c1-15-18(25-23(32-15)17-8-4-3-5-9-17)14-30-19-12-11-16(13-21(19)29-2)7-6-10-20-22(27)26-24(28)31-20/h3-5,8-9,11-13,20H,6-7,10,14H2,1-2H3,(H,26,27,28). The number of hydrogen-bond acceptors (Lipinski definition) is 7. The van der Waals surface area contributed by atoms with Crippen molar-refractivity contribution in [2.45, 2.75) is 38.9 Å². The second-order valence-corrected chi connectivity index (χ2v) is 8.64. The number of hydrogen-bond donors (Lipinski definition) is 1. The second-order valence-electron chi connectivity index (χ2n) is 7.44. The number of nitrogens with one attached hydrogen (secondary N) is 1. The van der Waals surface area contributed by atoms with Crippen LogP contribution in [0.4, 0.5) is 4.79 Å². The van der Waals surface area contributed by atoms with Crippen LogP contribution in [0.2, 0.25) is 0 Å². The van der Waals surface area contributed by atoms with E-state index in [1.165, 1.54) is 0 Å². The number of amides is 2. The van der Waals surface area contributed by atoms with Crippen LogP contribution in [0.1, 0.15) is 29.0 Å². The SMILES string of the molecule is COc1cc(CCCC2OC(=O)NC2=O)ccc1OCc1nc(-c2ccccc2)sc1C. The van der Waals surface area contributed by atoms with Crippen LogP contribution >= 0.6 is 11.3 Å². The molecule has 0 radical (unpaired) electrons. The minimum Gasteiger partial charge on any atom is -0.493 e. The third-order valence-corrected chi connectivity index (χ3v) is 6.27. The van der Waals surface area contributed by atoms with Gasteiger partial charge >= 0.3 is 6.09 Å². The summed E-state index contributed by atoms with van der Waals surface area (Å²) in [5.74, 6) is 0.918. The second kappa shape index (κ2) is 9.82. The van der Waals surface area contributed by atoms with E-state index in [-0.39, 0.29) is 5.91 Å². The lowest BCUT2D eigenvalue weighted by atomic mass is 10.1. The molecule has 166 valence electrons. The van der Waals surface area contributed by atoms with E-state index in [9.17, 15) is 9.59 Å². The van der Waals surface area contributed by atoms with Crippen molar-refractivity contribution in [3.63, 3.8) is 0 Å². The highest BCUT2D eigenvalue weighted by Crippen LogP contribution is 2.32. The molecule has 2 amide bonds. The number of thiazole rings is 1. The lowest BCUT2D eigenvalue weighted by Gasteiger charge is -2.12. The first-order valence-electron chi connectivity index (χ1n) is 10.4. The quantitative estimate of drug-likeness (QED) is 0.508. The molecule has 1 saturated heterocycles. The van der Waals surface area contributed by atoms with Crippen molar-refractivity contribution < 1.29 is 23.8 Å². The summed E-state index contributed by atoms with van der Waals surface area (Å²) in [4.78, 5) is 28.5. The van der Waals surface area contributed by atoms with Crippen LogP contribution in [0, 0.1) is 6.92 Å². The summed E-state index contributed by atoms with van der Waals surface area (Å²) < 4.78 is 16.5. The molecule has 1 aliphatic heterocycles. The van der Waals surface area contributed by atoms with Crippen molar-refractivity contribution in [3.8, 4) is 22.1 Å².